The Morgan fingerprint density at radius 2 is 1.68 bits per heavy atom. The molecule has 0 saturated heterocycles. The Labute approximate surface area is 110 Å². The quantitative estimate of drug-likeness (QED) is 0.458. The number of para-hydroxylation sites is 1. The molecule has 1 aromatic rings. The minimum atomic E-state index is -0.394. The molecule has 0 radical (unpaired) electrons. The van der Waals surface area contributed by atoms with Crippen LogP contribution in [-0.2, 0) is 19.1 Å². The van der Waals surface area contributed by atoms with Gasteiger partial charge in [0.2, 0.25) is 0 Å². The standard InChI is InChI=1S/C10H7NO2.C4H6O2/c12-9-6-7-10(13)11(9)8-4-2-1-3-5-8;1-3-4(5)6-2/h1-7H;3H,1H2,2H3. The zero-order valence-electron chi connectivity index (χ0n) is 10.4. The topological polar surface area (TPSA) is 63.7 Å². The largest absolute Gasteiger partial charge is 0.466 e. The molecular formula is C14H13NO4. The van der Waals surface area contributed by atoms with Crippen LogP contribution < -0.4 is 4.90 Å². The van der Waals surface area contributed by atoms with Crippen molar-refractivity contribution < 1.29 is 19.1 Å². The van der Waals surface area contributed by atoms with E-state index in [2.05, 4.69) is 11.3 Å². The number of imide groups is 1. The summed E-state index contributed by atoms with van der Waals surface area (Å²) in [5, 5.41) is 0. The van der Waals surface area contributed by atoms with E-state index >= 15 is 0 Å². The maximum absolute atomic E-state index is 11.2. The summed E-state index contributed by atoms with van der Waals surface area (Å²) in [6.45, 7) is 3.16. The molecule has 0 bridgehead atoms. The Morgan fingerprint density at radius 3 is 2.05 bits per heavy atom. The molecule has 0 spiro atoms. The Balaban J connectivity index is 0.000000258. The highest BCUT2D eigenvalue weighted by Gasteiger charge is 2.24. The molecule has 0 N–H and O–H groups in total. The van der Waals surface area contributed by atoms with Gasteiger partial charge in [0, 0.05) is 18.2 Å². The molecule has 2 rings (SSSR count). The molecule has 98 valence electrons. The van der Waals surface area contributed by atoms with E-state index in [-0.39, 0.29) is 11.8 Å². The average molecular weight is 259 g/mol. The first-order valence-corrected chi connectivity index (χ1v) is 5.41. The molecule has 5 heteroatoms. The maximum atomic E-state index is 11.2. The molecule has 1 aromatic carbocycles. The monoisotopic (exact) mass is 259 g/mol. The Kier molecular flexibility index (Phi) is 5.22. The van der Waals surface area contributed by atoms with E-state index in [4.69, 9.17) is 0 Å². The van der Waals surface area contributed by atoms with E-state index in [9.17, 15) is 14.4 Å². The van der Waals surface area contributed by atoms with Crippen LogP contribution in [0.1, 0.15) is 0 Å². The summed E-state index contributed by atoms with van der Waals surface area (Å²) in [6.07, 6.45) is 3.66. The molecule has 0 atom stereocenters. The van der Waals surface area contributed by atoms with Crippen LogP contribution in [0.25, 0.3) is 0 Å². The fraction of sp³-hybridized carbons (Fsp3) is 0.0714. The van der Waals surface area contributed by atoms with Crippen LogP contribution in [-0.4, -0.2) is 24.9 Å². The zero-order chi connectivity index (χ0) is 14.3. The number of amides is 2. The Hall–Kier alpha value is -2.69. The molecule has 0 unspecified atom stereocenters. The lowest BCUT2D eigenvalue weighted by Crippen LogP contribution is -2.29. The predicted molar refractivity (Wildman–Crippen MR) is 70.3 cm³/mol. The number of esters is 1. The highest BCUT2D eigenvalue weighted by atomic mass is 16.5. The minimum Gasteiger partial charge on any atom is -0.466 e. The first-order valence-electron chi connectivity index (χ1n) is 5.41. The van der Waals surface area contributed by atoms with Crippen molar-refractivity contribution in [2.45, 2.75) is 0 Å². The van der Waals surface area contributed by atoms with Crippen molar-refractivity contribution >= 4 is 23.5 Å². The van der Waals surface area contributed by atoms with Gasteiger partial charge in [0.05, 0.1) is 12.8 Å². The van der Waals surface area contributed by atoms with Gasteiger partial charge in [0.15, 0.2) is 0 Å². The first-order chi connectivity index (χ1) is 9.10. The summed E-state index contributed by atoms with van der Waals surface area (Å²) < 4.78 is 4.14. The molecule has 0 fully saturated rings. The van der Waals surface area contributed by atoms with Crippen LogP contribution in [0.15, 0.2) is 55.1 Å². The fourth-order valence-corrected chi connectivity index (χ4v) is 1.32. The number of anilines is 1. The summed E-state index contributed by atoms with van der Waals surface area (Å²) in [6, 6.07) is 8.86. The smallest absolute Gasteiger partial charge is 0.329 e. The number of hydrogen-bond acceptors (Lipinski definition) is 4. The van der Waals surface area contributed by atoms with Gasteiger partial charge in [-0.15, -0.1) is 0 Å². The van der Waals surface area contributed by atoms with Gasteiger partial charge in [0.1, 0.15) is 0 Å². The third-order valence-electron chi connectivity index (χ3n) is 2.19. The highest BCUT2D eigenvalue weighted by Crippen LogP contribution is 2.17. The van der Waals surface area contributed by atoms with Gasteiger partial charge >= 0.3 is 5.97 Å². The van der Waals surface area contributed by atoms with Crippen LogP contribution >= 0.6 is 0 Å². The first kappa shape index (κ1) is 14.4. The van der Waals surface area contributed by atoms with Crippen molar-refractivity contribution in [2.75, 3.05) is 12.0 Å². The summed E-state index contributed by atoms with van der Waals surface area (Å²) in [4.78, 5) is 33.4. The normalized spacial score (nSPS) is 12.8. The van der Waals surface area contributed by atoms with Crippen LogP contribution in [0.5, 0.6) is 0 Å². The number of benzene rings is 1. The van der Waals surface area contributed by atoms with E-state index in [0.29, 0.717) is 5.69 Å². The van der Waals surface area contributed by atoms with Crippen molar-refractivity contribution in [3.63, 3.8) is 0 Å². The van der Waals surface area contributed by atoms with Gasteiger partial charge in [-0.25, -0.2) is 9.69 Å². The molecule has 0 aliphatic carbocycles. The van der Waals surface area contributed by atoms with Crippen molar-refractivity contribution in [2.24, 2.45) is 0 Å². The van der Waals surface area contributed by atoms with Gasteiger partial charge in [-0.1, -0.05) is 24.8 Å². The molecule has 1 aliphatic heterocycles. The Bertz CT molecular complexity index is 502. The maximum Gasteiger partial charge on any atom is 0.329 e. The molecule has 0 saturated carbocycles. The van der Waals surface area contributed by atoms with E-state index in [1.165, 1.54) is 19.3 Å². The van der Waals surface area contributed by atoms with E-state index in [0.717, 1.165) is 11.0 Å². The number of nitrogens with zero attached hydrogens (tertiary/aromatic N) is 1. The number of carbonyl (C=O) groups is 3. The third kappa shape index (κ3) is 3.92. The van der Waals surface area contributed by atoms with Crippen molar-refractivity contribution in [3.05, 3.63) is 55.1 Å². The van der Waals surface area contributed by atoms with Crippen molar-refractivity contribution in [1.82, 2.24) is 0 Å². The molecule has 1 heterocycles. The van der Waals surface area contributed by atoms with Crippen LogP contribution in [0.2, 0.25) is 0 Å². The molecule has 1 aliphatic rings. The predicted octanol–water partition coefficient (Wildman–Crippen LogP) is 1.46. The molecular weight excluding hydrogens is 246 g/mol. The highest BCUT2D eigenvalue weighted by molar-refractivity contribution is 6.28. The molecule has 5 nitrogen and oxygen atoms in total. The summed E-state index contributed by atoms with van der Waals surface area (Å²) >= 11 is 0. The van der Waals surface area contributed by atoms with Crippen LogP contribution in [0.3, 0.4) is 0 Å². The summed E-state index contributed by atoms with van der Waals surface area (Å²) in [7, 11) is 1.31. The Morgan fingerprint density at radius 1 is 1.16 bits per heavy atom. The number of ether oxygens (including phenoxy) is 1. The number of carbonyl (C=O) groups excluding carboxylic acids is 3. The minimum absolute atomic E-state index is 0.281. The van der Waals surface area contributed by atoms with Crippen molar-refractivity contribution in [3.8, 4) is 0 Å². The lowest BCUT2D eigenvalue weighted by Gasteiger charge is -2.12. The van der Waals surface area contributed by atoms with Crippen LogP contribution in [0, 0.1) is 0 Å². The number of rotatable bonds is 2. The second kappa shape index (κ2) is 6.90. The molecule has 2 amide bonds. The lowest BCUT2D eigenvalue weighted by molar-refractivity contribution is -0.134. The third-order valence-corrected chi connectivity index (χ3v) is 2.19. The van der Waals surface area contributed by atoms with E-state index in [1.54, 1.807) is 24.3 Å². The van der Waals surface area contributed by atoms with Crippen molar-refractivity contribution in [1.29, 1.82) is 0 Å². The van der Waals surface area contributed by atoms with Gasteiger partial charge in [0.25, 0.3) is 11.8 Å². The van der Waals surface area contributed by atoms with E-state index < -0.39 is 5.97 Å². The second-order valence-corrected chi connectivity index (χ2v) is 3.41. The molecule has 0 aromatic heterocycles. The van der Waals surface area contributed by atoms with Gasteiger partial charge in [-0.05, 0) is 12.1 Å². The number of hydrogen-bond donors (Lipinski definition) is 0. The summed E-state index contributed by atoms with van der Waals surface area (Å²) in [5.41, 5.74) is 0.613. The van der Waals surface area contributed by atoms with Crippen LogP contribution in [0.4, 0.5) is 5.69 Å². The summed E-state index contributed by atoms with van der Waals surface area (Å²) in [5.74, 6) is -0.956. The van der Waals surface area contributed by atoms with Gasteiger partial charge in [-0.2, -0.15) is 0 Å². The van der Waals surface area contributed by atoms with E-state index in [1.807, 2.05) is 6.07 Å². The van der Waals surface area contributed by atoms with Gasteiger partial charge in [-0.3, -0.25) is 9.59 Å². The SMILES string of the molecule is C=CC(=O)OC.O=C1C=CC(=O)N1c1ccccc1. The number of methoxy groups -OCH3 is 1. The average Bonchev–Trinajstić information content (AvgIpc) is 2.79. The van der Waals surface area contributed by atoms with Gasteiger partial charge < -0.3 is 4.74 Å². The second-order valence-electron chi connectivity index (χ2n) is 3.41. The lowest BCUT2D eigenvalue weighted by atomic mass is 10.3. The zero-order valence-corrected chi connectivity index (χ0v) is 10.4. The fourth-order valence-electron chi connectivity index (χ4n) is 1.32. The molecule has 19 heavy (non-hydrogen) atoms.